The molecule has 1 amide bonds. The fourth-order valence-electron chi connectivity index (χ4n) is 3.28. The van der Waals surface area contributed by atoms with Crippen LogP contribution in [0.2, 0.25) is 0 Å². The van der Waals surface area contributed by atoms with Crippen LogP contribution in [0.15, 0.2) is 0 Å². The van der Waals surface area contributed by atoms with Crippen molar-refractivity contribution in [3.05, 3.63) is 0 Å². The number of hydrogen-bond acceptors (Lipinski definition) is 4. The zero-order chi connectivity index (χ0) is 13.7. The normalized spacial score (nSPS) is 30.2. The second kappa shape index (κ2) is 6.68. The number of amides is 1. The number of aliphatic hydroxyl groups is 1. The van der Waals surface area contributed by atoms with Gasteiger partial charge in [0.1, 0.15) is 0 Å². The summed E-state index contributed by atoms with van der Waals surface area (Å²) < 4.78 is 5.27. The van der Waals surface area contributed by atoms with E-state index in [9.17, 15) is 9.90 Å². The van der Waals surface area contributed by atoms with E-state index in [0.29, 0.717) is 19.1 Å². The number of hydrogen-bond donors (Lipinski definition) is 3. The molecule has 19 heavy (non-hydrogen) atoms. The summed E-state index contributed by atoms with van der Waals surface area (Å²) in [5.74, 6) is 0.553. The molecule has 2 unspecified atom stereocenters. The van der Waals surface area contributed by atoms with Gasteiger partial charge >= 0.3 is 0 Å². The molecule has 0 spiro atoms. The van der Waals surface area contributed by atoms with Crippen molar-refractivity contribution in [1.82, 2.24) is 10.6 Å². The minimum absolute atomic E-state index is 0.122. The van der Waals surface area contributed by atoms with E-state index >= 15 is 0 Å². The van der Waals surface area contributed by atoms with Crippen LogP contribution in [0.4, 0.5) is 0 Å². The third-order valence-corrected chi connectivity index (χ3v) is 4.53. The molecule has 0 radical (unpaired) electrons. The van der Waals surface area contributed by atoms with Gasteiger partial charge in [-0.3, -0.25) is 4.79 Å². The number of ether oxygens (including phenoxy) is 1. The van der Waals surface area contributed by atoms with Crippen molar-refractivity contribution in [3.8, 4) is 0 Å². The molecule has 1 saturated heterocycles. The summed E-state index contributed by atoms with van der Waals surface area (Å²) in [4.78, 5) is 12.5. The molecule has 1 aliphatic heterocycles. The topological polar surface area (TPSA) is 70.6 Å². The van der Waals surface area contributed by atoms with E-state index in [1.54, 1.807) is 7.11 Å². The Labute approximate surface area is 115 Å². The fraction of sp³-hybridized carbons (Fsp3) is 0.929. The van der Waals surface area contributed by atoms with Gasteiger partial charge in [-0.1, -0.05) is 0 Å². The second-order valence-corrected chi connectivity index (χ2v) is 6.01. The van der Waals surface area contributed by atoms with Crippen molar-refractivity contribution in [2.45, 2.75) is 38.2 Å². The van der Waals surface area contributed by atoms with Crippen molar-refractivity contribution in [2.75, 3.05) is 33.4 Å². The average Bonchev–Trinajstić information content (AvgIpc) is 2.83. The monoisotopic (exact) mass is 270 g/mol. The Balaban J connectivity index is 1.85. The van der Waals surface area contributed by atoms with Gasteiger partial charge in [0, 0.05) is 13.7 Å². The molecular formula is C14H26N2O3. The summed E-state index contributed by atoms with van der Waals surface area (Å²) >= 11 is 0. The summed E-state index contributed by atoms with van der Waals surface area (Å²) in [6, 6.07) is 0. The number of rotatable bonds is 5. The first-order valence-corrected chi connectivity index (χ1v) is 7.32. The van der Waals surface area contributed by atoms with E-state index in [0.717, 1.165) is 45.2 Å². The van der Waals surface area contributed by atoms with Crippen LogP contribution < -0.4 is 10.6 Å². The minimum Gasteiger partial charge on any atom is -0.393 e. The number of carbonyl (C=O) groups excluding carboxylic acids is 1. The van der Waals surface area contributed by atoms with Crippen molar-refractivity contribution < 1.29 is 14.6 Å². The molecular weight excluding hydrogens is 244 g/mol. The zero-order valence-corrected chi connectivity index (χ0v) is 11.8. The van der Waals surface area contributed by atoms with Gasteiger partial charge in [-0.25, -0.2) is 0 Å². The van der Waals surface area contributed by atoms with Crippen LogP contribution in [-0.4, -0.2) is 50.5 Å². The molecule has 2 atom stereocenters. The van der Waals surface area contributed by atoms with Crippen molar-refractivity contribution >= 4 is 5.91 Å². The van der Waals surface area contributed by atoms with E-state index in [-0.39, 0.29) is 17.4 Å². The van der Waals surface area contributed by atoms with Gasteiger partial charge in [-0.05, 0) is 51.1 Å². The lowest BCUT2D eigenvalue weighted by molar-refractivity contribution is -0.136. The van der Waals surface area contributed by atoms with Crippen LogP contribution >= 0.6 is 0 Å². The van der Waals surface area contributed by atoms with E-state index in [1.165, 1.54) is 0 Å². The summed E-state index contributed by atoms with van der Waals surface area (Å²) in [5.41, 5.74) is -0.364. The van der Waals surface area contributed by atoms with Crippen LogP contribution in [0.3, 0.4) is 0 Å². The number of carbonyl (C=O) groups is 1. The standard InChI is InChI=1S/C14H26N2O3/c1-19-10-14(4-6-15-7-5-14)13(18)16-9-11-2-3-12(17)8-11/h11-12,15,17H,2-10H2,1H3,(H,16,18). The third kappa shape index (κ3) is 3.68. The predicted molar refractivity (Wildman–Crippen MR) is 72.8 cm³/mol. The van der Waals surface area contributed by atoms with Gasteiger partial charge in [0.05, 0.1) is 18.1 Å². The first-order valence-electron chi connectivity index (χ1n) is 7.32. The largest absolute Gasteiger partial charge is 0.393 e. The molecule has 2 rings (SSSR count). The molecule has 2 aliphatic rings. The first-order chi connectivity index (χ1) is 9.16. The molecule has 2 fully saturated rings. The van der Waals surface area contributed by atoms with E-state index < -0.39 is 0 Å². The van der Waals surface area contributed by atoms with Gasteiger partial charge in [0.25, 0.3) is 0 Å². The summed E-state index contributed by atoms with van der Waals surface area (Å²) in [5, 5.41) is 15.9. The number of methoxy groups -OCH3 is 1. The fourth-order valence-corrected chi connectivity index (χ4v) is 3.28. The van der Waals surface area contributed by atoms with E-state index in [1.807, 2.05) is 0 Å². The quantitative estimate of drug-likeness (QED) is 0.671. The Morgan fingerprint density at radius 3 is 2.74 bits per heavy atom. The molecule has 1 aliphatic carbocycles. The summed E-state index contributed by atoms with van der Waals surface area (Å²) in [6.45, 7) is 2.93. The zero-order valence-electron chi connectivity index (χ0n) is 11.8. The molecule has 1 saturated carbocycles. The number of nitrogens with one attached hydrogen (secondary N) is 2. The molecule has 110 valence electrons. The van der Waals surface area contributed by atoms with Gasteiger partial charge in [0.15, 0.2) is 0 Å². The maximum atomic E-state index is 12.5. The smallest absolute Gasteiger partial charge is 0.228 e. The summed E-state index contributed by atoms with van der Waals surface area (Å²) in [7, 11) is 1.66. The maximum absolute atomic E-state index is 12.5. The average molecular weight is 270 g/mol. The summed E-state index contributed by atoms with van der Waals surface area (Å²) in [6.07, 6.45) is 4.20. The minimum atomic E-state index is -0.364. The Hall–Kier alpha value is -0.650. The highest BCUT2D eigenvalue weighted by Gasteiger charge is 2.39. The van der Waals surface area contributed by atoms with Crippen LogP contribution in [0, 0.1) is 11.3 Å². The lowest BCUT2D eigenvalue weighted by Crippen LogP contribution is -2.50. The van der Waals surface area contributed by atoms with E-state index in [2.05, 4.69) is 10.6 Å². The van der Waals surface area contributed by atoms with Gasteiger partial charge < -0.3 is 20.5 Å². The Morgan fingerprint density at radius 1 is 1.42 bits per heavy atom. The highest BCUT2D eigenvalue weighted by Crippen LogP contribution is 2.30. The van der Waals surface area contributed by atoms with E-state index in [4.69, 9.17) is 4.74 Å². The molecule has 0 aromatic carbocycles. The molecule has 1 heterocycles. The van der Waals surface area contributed by atoms with Crippen LogP contribution in [-0.2, 0) is 9.53 Å². The lowest BCUT2D eigenvalue weighted by atomic mass is 9.78. The third-order valence-electron chi connectivity index (χ3n) is 4.53. The van der Waals surface area contributed by atoms with Gasteiger partial charge in [-0.2, -0.15) is 0 Å². The van der Waals surface area contributed by atoms with Crippen molar-refractivity contribution in [2.24, 2.45) is 11.3 Å². The second-order valence-electron chi connectivity index (χ2n) is 6.01. The number of aliphatic hydroxyl groups excluding tert-OH is 1. The predicted octanol–water partition coefficient (Wildman–Crippen LogP) is 0.280. The Bertz CT molecular complexity index is 298. The number of piperidine rings is 1. The molecule has 5 nitrogen and oxygen atoms in total. The highest BCUT2D eigenvalue weighted by atomic mass is 16.5. The molecule has 0 aromatic rings. The van der Waals surface area contributed by atoms with Crippen LogP contribution in [0.5, 0.6) is 0 Å². The maximum Gasteiger partial charge on any atom is 0.228 e. The molecule has 3 N–H and O–H groups in total. The lowest BCUT2D eigenvalue weighted by Gasteiger charge is -2.35. The van der Waals surface area contributed by atoms with Crippen molar-refractivity contribution in [3.63, 3.8) is 0 Å². The molecule has 0 bridgehead atoms. The first kappa shape index (κ1) is 14.8. The van der Waals surface area contributed by atoms with Crippen molar-refractivity contribution in [1.29, 1.82) is 0 Å². The Kier molecular flexibility index (Phi) is 5.19. The SMILES string of the molecule is COCC1(C(=O)NCC2CCC(O)C2)CCNCC1. The Morgan fingerprint density at radius 2 is 2.16 bits per heavy atom. The van der Waals surface area contributed by atoms with Crippen LogP contribution in [0.1, 0.15) is 32.1 Å². The highest BCUT2D eigenvalue weighted by molar-refractivity contribution is 5.83. The molecule has 5 heteroatoms. The van der Waals surface area contributed by atoms with Gasteiger partial charge in [-0.15, -0.1) is 0 Å². The van der Waals surface area contributed by atoms with Crippen LogP contribution in [0.25, 0.3) is 0 Å². The molecule has 0 aromatic heterocycles. The van der Waals surface area contributed by atoms with Gasteiger partial charge in [0.2, 0.25) is 5.91 Å².